The summed E-state index contributed by atoms with van der Waals surface area (Å²) in [6.45, 7) is 5.65. The molecule has 0 saturated carbocycles. The molecule has 0 fully saturated rings. The Balaban J connectivity index is 1.69. The number of hydrogen-bond acceptors (Lipinski definition) is 2. The lowest BCUT2D eigenvalue weighted by Crippen LogP contribution is -2.24. The van der Waals surface area contributed by atoms with E-state index in [0.717, 1.165) is 30.6 Å². The monoisotopic (exact) mass is 361 g/mol. The van der Waals surface area contributed by atoms with Crippen LogP contribution in [0.4, 0.5) is 5.69 Å². The summed E-state index contributed by atoms with van der Waals surface area (Å²) in [5.41, 5.74) is 12.1. The number of aromatic nitrogens is 2. The van der Waals surface area contributed by atoms with Crippen LogP contribution < -0.4 is 11.1 Å². The van der Waals surface area contributed by atoms with Gasteiger partial charge in [-0.15, -0.1) is 0 Å². The van der Waals surface area contributed by atoms with Crippen LogP contribution in [0.5, 0.6) is 0 Å². The van der Waals surface area contributed by atoms with E-state index in [2.05, 4.69) is 71.6 Å². The van der Waals surface area contributed by atoms with Crippen LogP contribution in [-0.4, -0.2) is 15.5 Å². The molecule has 5 nitrogen and oxygen atoms in total. The molecule has 0 spiro atoms. The van der Waals surface area contributed by atoms with Crippen LogP contribution in [0.2, 0.25) is 0 Å². The molecule has 3 rings (SSSR count). The number of guanidine groups is 1. The molecule has 0 bridgehead atoms. The van der Waals surface area contributed by atoms with E-state index in [9.17, 15) is 0 Å². The van der Waals surface area contributed by atoms with E-state index in [0.29, 0.717) is 12.5 Å². The van der Waals surface area contributed by atoms with Gasteiger partial charge in [-0.25, -0.2) is 9.98 Å². The average molecular weight is 361 g/mol. The minimum absolute atomic E-state index is 0.450. The average Bonchev–Trinajstić information content (AvgIpc) is 3.20. The lowest BCUT2D eigenvalue weighted by molar-refractivity contribution is 0.795. The van der Waals surface area contributed by atoms with Gasteiger partial charge in [-0.05, 0) is 35.1 Å². The van der Waals surface area contributed by atoms with Gasteiger partial charge in [-0.3, -0.25) is 0 Å². The molecule has 0 aliphatic heterocycles. The van der Waals surface area contributed by atoms with E-state index in [1.165, 1.54) is 16.7 Å². The molecule has 0 aliphatic carbocycles. The van der Waals surface area contributed by atoms with Gasteiger partial charge in [0.1, 0.15) is 0 Å². The van der Waals surface area contributed by atoms with Gasteiger partial charge >= 0.3 is 0 Å². The third kappa shape index (κ3) is 4.97. The van der Waals surface area contributed by atoms with E-state index < -0.39 is 0 Å². The number of benzene rings is 2. The van der Waals surface area contributed by atoms with E-state index in [1.807, 2.05) is 17.1 Å². The van der Waals surface area contributed by atoms with Gasteiger partial charge in [0.2, 0.25) is 0 Å². The molecule has 0 radical (unpaired) electrons. The quantitative estimate of drug-likeness (QED) is 0.494. The molecule has 2 aromatic carbocycles. The number of nitrogens with one attached hydrogen (secondary N) is 1. The molecular weight excluding hydrogens is 334 g/mol. The molecule has 0 amide bonds. The first kappa shape index (κ1) is 18.7. The Bertz CT molecular complexity index is 875. The van der Waals surface area contributed by atoms with E-state index in [1.54, 1.807) is 6.20 Å². The summed E-state index contributed by atoms with van der Waals surface area (Å²) in [5.74, 6) is 0.450. The van der Waals surface area contributed by atoms with Crippen LogP contribution in [0.3, 0.4) is 0 Å². The highest BCUT2D eigenvalue weighted by molar-refractivity contribution is 5.93. The molecule has 3 aromatic rings. The van der Waals surface area contributed by atoms with Crippen molar-refractivity contribution in [2.75, 3.05) is 5.32 Å². The van der Waals surface area contributed by atoms with Crippen LogP contribution in [0.25, 0.3) is 0 Å². The second-order valence-corrected chi connectivity index (χ2v) is 6.54. The van der Waals surface area contributed by atoms with Crippen LogP contribution >= 0.6 is 0 Å². The molecule has 0 unspecified atom stereocenters. The van der Waals surface area contributed by atoms with Gasteiger partial charge in [-0.1, -0.05) is 56.3 Å². The number of anilines is 1. The number of nitrogens with zero attached hydrogens (tertiary/aromatic N) is 3. The first-order chi connectivity index (χ1) is 13.2. The van der Waals surface area contributed by atoms with Crippen molar-refractivity contribution in [3.05, 3.63) is 83.4 Å². The predicted octanol–water partition coefficient (Wildman–Crippen LogP) is 3.98. The summed E-state index contributed by atoms with van der Waals surface area (Å²) in [6, 6.07) is 14.8. The topological polar surface area (TPSA) is 68.2 Å². The molecule has 0 atom stereocenters. The first-order valence-electron chi connectivity index (χ1n) is 9.40. The summed E-state index contributed by atoms with van der Waals surface area (Å²) >= 11 is 0. The SMILES string of the molecule is CCc1cccc(CC)c1NC(N)=NCc1cccc(Cn2ccnc2)c1. The van der Waals surface area contributed by atoms with Crippen LogP contribution in [0.1, 0.15) is 36.1 Å². The molecule has 3 N–H and O–H groups in total. The van der Waals surface area contributed by atoms with Gasteiger partial charge in [0, 0.05) is 24.6 Å². The molecule has 27 heavy (non-hydrogen) atoms. The normalized spacial score (nSPS) is 11.6. The Hall–Kier alpha value is -3.08. The standard InChI is InChI=1S/C22H27N5/c1-3-19-9-6-10-20(4-2)21(19)26-22(23)25-14-17-7-5-8-18(13-17)15-27-12-11-24-16-27/h5-13,16H,3-4,14-15H2,1-2H3,(H3,23,25,26). The highest BCUT2D eigenvalue weighted by Gasteiger charge is 2.07. The fourth-order valence-electron chi connectivity index (χ4n) is 3.16. The second-order valence-electron chi connectivity index (χ2n) is 6.54. The largest absolute Gasteiger partial charge is 0.370 e. The zero-order valence-corrected chi connectivity index (χ0v) is 16.0. The number of imidazole rings is 1. The van der Waals surface area contributed by atoms with E-state index in [4.69, 9.17) is 5.73 Å². The summed E-state index contributed by atoms with van der Waals surface area (Å²) in [6.07, 6.45) is 7.49. The first-order valence-corrected chi connectivity index (χ1v) is 9.40. The van der Waals surface area contributed by atoms with Crippen molar-refractivity contribution >= 4 is 11.6 Å². The number of aryl methyl sites for hydroxylation is 2. The van der Waals surface area contributed by atoms with Crippen molar-refractivity contribution in [2.24, 2.45) is 10.7 Å². The number of aliphatic imine (C=N–C) groups is 1. The maximum Gasteiger partial charge on any atom is 0.193 e. The number of nitrogens with two attached hydrogens (primary N) is 1. The lowest BCUT2D eigenvalue weighted by Gasteiger charge is -2.15. The molecule has 1 aromatic heterocycles. The van der Waals surface area contributed by atoms with Gasteiger partial charge in [0.05, 0.1) is 12.9 Å². The minimum Gasteiger partial charge on any atom is -0.370 e. The fraction of sp³-hybridized carbons (Fsp3) is 0.273. The molecule has 1 heterocycles. The second kappa shape index (κ2) is 9.03. The van der Waals surface area contributed by atoms with Gasteiger partial charge in [0.15, 0.2) is 5.96 Å². The summed E-state index contributed by atoms with van der Waals surface area (Å²) in [7, 11) is 0. The molecule has 0 saturated heterocycles. The Labute approximate surface area is 161 Å². The van der Waals surface area contributed by atoms with Crippen LogP contribution in [0.15, 0.2) is 66.2 Å². The minimum atomic E-state index is 0.450. The zero-order chi connectivity index (χ0) is 19.1. The highest BCUT2D eigenvalue weighted by atomic mass is 15.1. The number of rotatable bonds is 7. The van der Waals surface area contributed by atoms with Crippen molar-refractivity contribution in [1.82, 2.24) is 9.55 Å². The summed E-state index contributed by atoms with van der Waals surface area (Å²) in [4.78, 5) is 8.63. The van der Waals surface area contributed by atoms with Gasteiger partial charge in [0.25, 0.3) is 0 Å². The van der Waals surface area contributed by atoms with E-state index in [-0.39, 0.29) is 0 Å². The predicted molar refractivity (Wildman–Crippen MR) is 112 cm³/mol. The third-order valence-electron chi connectivity index (χ3n) is 4.60. The maximum atomic E-state index is 6.17. The Morgan fingerprint density at radius 2 is 1.78 bits per heavy atom. The lowest BCUT2D eigenvalue weighted by atomic mass is 10.0. The highest BCUT2D eigenvalue weighted by Crippen LogP contribution is 2.22. The van der Waals surface area contributed by atoms with E-state index >= 15 is 0 Å². The number of para-hydroxylation sites is 1. The summed E-state index contributed by atoms with van der Waals surface area (Å²) in [5, 5.41) is 3.32. The van der Waals surface area contributed by atoms with Crippen LogP contribution in [0, 0.1) is 0 Å². The Kier molecular flexibility index (Phi) is 6.26. The van der Waals surface area contributed by atoms with Crippen molar-refractivity contribution in [3.63, 3.8) is 0 Å². The van der Waals surface area contributed by atoms with Crippen molar-refractivity contribution < 1.29 is 0 Å². The molecule has 5 heteroatoms. The zero-order valence-electron chi connectivity index (χ0n) is 16.0. The van der Waals surface area contributed by atoms with Crippen molar-refractivity contribution in [1.29, 1.82) is 0 Å². The fourth-order valence-corrected chi connectivity index (χ4v) is 3.16. The third-order valence-corrected chi connectivity index (χ3v) is 4.60. The molecule has 140 valence electrons. The van der Waals surface area contributed by atoms with Crippen molar-refractivity contribution in [3.8, 4) is 0 Å². The Morgan fingerprint density at radius 1 is 1.07 bits per heavy atom. The van der Waals surface area contributed by atoms with Crippen molar-refractivity contribution in [2.45, 2.75) is 39.8 Å². The smallest absolute Gasteiger partial charge is 0.193 e. The molecular formula is C22H27N5. The molecule has 0 aliphatic rings. The summed E-state index contributed by atoms with van der Waals surface area (Å²) < 4.78 is 2.05. The van der Waals surface area contributed by atoms with Crippen LogP contribution in [-0.2, 0) is 25.9 Å². The maximum absolute atomic E-state index is 6.17. The van der Waals surface area contributed by atoms with Gasteiger partial charge < -0.3 is 15.6 Å². The van der Waals surface area contributed by atoms with Gasteiger partial charge in [-0.2, -0.15) is 0 Å². The Morgan fingerprint density at radius 3 is 2.44 bits per heavy atom. The number of hydrogen-bond donors (Lipinski definition) is 2.